The average molecular weight is 277 g/mol. The molecule has 0 radical (unpaired) electrons. The highest BCUT2D eigenvalue weighted by Crippen LogP contribution is 2.29. The summed E-state index contributed by atoms with van der Waals surface area (Å²) < 4.78 is 0. The first kappa shape index (κ1) is 12.5. The maximum absolute atomic E-state index is 11.5. The van der Waals surface area contributed by atoms with Crippen LogP contribution >= 0.6 is 11.6 Å². The Balaban J connectivity index is 1.89. The van der Waals surface area contributed by atoms with Crippen LogP contribution in [-0.2, 0) is 4.79 Å². The molecule has 1 aromatic heterocycles. The van der Waals surface area contributed by atoms with Gasteiger partial charge in [0.1, 0.15) is 0 Å². The molecule has 1 atom stereocenters. The summed E-state index contributed by atoms with van der Waals surface area (Å²) >= 11 is 6.01. The number of aromatic amines is 1. The summed E-state index contributed by atoms with van der Waals surface area (Å²) in [6.45, 7) is 3.35. The first-order chi connectivity index (χ1) is 9.13. The van der Waals surface area contributed by atoms with Gasteiger partial charge in [0.25, 0.3) is 0 Å². The van der Waals surface area contributed by atoms with Gasteiger partial charge in [-0.2, -0.15) is 0 Å². The van der Waals surface area contributed by atoms with Gasteiger partial charge < -0.3 is 9.88 Å². The fraction of sp³-hybridized carbons (Fsp3) is 0.400. The Bertz CT molecular complexity index is 620. The molecule has 2 aromatic rings. The van der Waals surface area contributed by atoms with Gasteiger partial charge in [0.2, 0.25) is 5.91 Å². The summed E-state index contributed by atoms with van der Waals surface area (Å²) in [6, 6.07) is 8.04. The van der Waals surface area contributed by atoms with Crippen molar-refractivity contribution in [2.75, 3.05) is 13.1 Å². The van der Waals surface area contributed by atoms with Gasteiger partial charge in [-0.25, -0.2) is 0 Å². The summed E-state index contributed by atoms with van der Waals surface area (Å²) in [7, 11) is 0. The average Bonchev–Trinajstić information content (AvgIpc) is 2.81. The van der Waals surface area contributed by atoms with Crippen LogP contribution < -0.4 is 0 Å². The van der Waals surface area contributed by atoms with E-state index >= 15 is 0 Å². The van der Waals surface area contributed by atoms with Gasteiger partial charge in [-0.3, -0.25) is 4.79 Å². The Morgan fingerprint density at radius 2 is 2.26 bits per heavy atom. The molecule has 1 N–H and O–H groups in total. The zero-order chi connectivity index (χ0) is 13.4. The number of rotatable bonds is 1. The minimum atomic E-state index is 0.170. The van der Waals surface area contributed by atoms with E-state index in [-0.39, 0.29) is 5.91 Å². The van der Waals surface area contributed by atoms with Gasteiger partial charge >= 0.3 is 0 Å². The first-order valence-corrected chi connectivity index (χ1v) is 7.05. The van der Waals surface area contributed by atoms with Gasteiger partial charge in [0.05, 0.1) is 0 Å². The second-order valence-corrected chi connectivity index (χ2v) is 5.70. The van der Waals surface area contributed by atoms with Crippen LogP contribution in [0.3, 0.4) is 0 Å². The molecule has 4 heteroatoms. The molecule has 1 unspecified atom stereocenters. The number of H-pyrrole nitrogens is 1. The van der Waals surface area contributed by atoms with Gasteiger partial charge in [0, 0.05) is 47.6 Å². The molecular weight excluding hydrogens is 260 g/mol. The Kier molecular flexibility index (Phi) is 3.23. The van der Waals surface area contributed by atoms with Gasteiger partial charge in [-0.15, -0.1) is 0 Å². The lowest BCUT2D eigenvalue weighted by molar-refractivity contribution is -0.130. The molecule has 1 amide bonds. The molecule has 1 aliphatic rings. The van der Waals surface area contributed by atoms with Crippen LogP contribution in [0.15, 0.2) is 24.3 Å². The van der Waals surface area contributed by atoms with Crippen molar-refractivity contribution in [3.8, 4) is 0 Å². The first-order valence-electron chi connectivity index (χ1n) is 6.67. The monoisotopic (exact) mass is 276 g/mol. The van der Waals surface area contributed by atoms with Crippen LogP contribution in [0, 0.1) is 0 Å². The lowest BCUT2D eigenvalue weighted by Crippen LogP contribution is -2.37. The number of likely N-dealkylation sites (tertiary alicyclic amines) is 1. The number of fused-ring (bicyclic) bond motifs is 1. The van der Waals surface area contributed by atoms with Crippen molar-refractivity contribution in [1.82, 2.24) is 9.88 Å². The summed E-state index contributed by atoms with van der Waals surface area (Å²) in [5.41, 5.74) is 2.32. The Morgan fingerprint density at radius 3 is 3.05 bits per heavy atom. The maximum atomic E-state index is 11.5. The van der Waals surface area contributed by atoms with Crippen molar-refractivity contribution in [1.29, 1.82) is 0 Å². The van der Waals surface area contributed by atoms with E-state index in [1.807, 2.05) is 23.1 Å². The van der Waals surface area contributed by atoms with Crippen molar-refractivity contribution >= 4 is 28.4 Å². The van der Waals surface area contributed by atoms with Crippen LogP contribution in [0.2, 0.25) is 5.02 Å². The topological polar surface area (TPSA) is 36.1 Å². The molecule has 100 valence electrons. The number of nitrogens with zero attached hydrogens (tertiary/aromatic N) is 1. The van der Waals surface area contributed by atoms with E-state index in [9.17, 15) is 4.79 Å². The number of nitrogens with one attached hydrogen (secondary N) is 1. The molecule has 0 aliphatic carbocycles. The number of amides is 1. The molecule has 1 fully saturated rings. The van der Waals surface area contributed by atoms with E-state index in [0.717, 1.165) is 41.9 Å². The van der Waals surface area contributed by atoms with E-state index in [2.05, 4.69) is 11.1 Å². The van der Waals surface area contributed by atoms with Crippen molar-refractivity contribution in [3.05, 3.63) is 35.0 Å². The molecule has 19 heavy (non-hydrogen) atoms. The highest BCUT2D eigenvalue weighted by Gasteiger charge is 2.23. The standard InChI is InChI=1S/C15H17ClN2O/c1-10(19)18-6-2-3-11(9-18)15-8-12-7-13(16)4-5-14(12)17-15/h4-5,7-8,11,17H,2-3,6,9H2,1H3. The summed E-state index contributed by atoms with van der Waals surface area (Å²) in [6.07, 6.45) is 2.20. The molecule has 3 rings (SSSR count). The van der Waals surface area contributed by atoms with Gasteiger partial charge in [0.15, 0.2) is 0 Å². The molecule has 3 nitrogen and oxygen atoms in total. The van der Waals surface area contributed by atoms with E-state index < -0.39 is 0 Å². The Hall–Kier alpha value is -1.48. The molecule has 1 aliphatic heterocycles. The van der Waals surface area contributed by atoms with E-state index in [1.54, 1.807) is 6.92 Å². The zero-order valence-electron chi connectivity index (χ0n) is 10.9. The smallest absolute Gasteiger partial charge is 0.219 e. The van der Waals surface area contributed by atoms with Crippen LogP contribution in [-0.4, -0.2) is 28.9 Å². The second kappa shape index (κ2) is 4.89. The van der Waals surface area contributed by atoms with Crippen molar-refractivity contribution in [2.24, 2.45) is 0 Å². The summed E-state index contributed by atoms with van der Waals surface area (Å²) in [5, 5.41) is 1.90. The highest BCUT2D eigenvalue weighted by molar-refractivity contribution is 6.31. The summed E-state index contributed by atoms with van der Waals surface area (Å²) in [4.78, 5) is 16.9. The lowest BCUT2D eigenvalue weighted by Gasteiger charge is -2.31. The molecule has 0 saturated carbocycles. The number of carbonyl (C=O) groups is 1. The molecule has 1 saturated heterocycles. The number of aromatic nitrogens is 1. The fourth-order valence-electron chi connectivity index (χ4n) is 2.86. The third-order valence-electron chi connectivity index (χ3n) is 3.91. The summed E-state index contributed by atoms with van der Waals surface area (Å²) in [5.74, 6) is 0.577. The quantitative estimate of drug-likeness (QED) is 0.850. The van der Waals surface area contributed by atoms with Crippen LogP contribution in [0.4, 0.5) is 0 Å². The number of carbonyl (C=O) groups excluding carboxylic acids is 1. The van der Waals surface area contributed by atoms with Crippen LogP contribution in [0.1, 0.15) is 31.4 Å². The molecule has 0 bridgehead atoms. The number of hydrogen-bond acceptors (Lipinski definition) is 1. The molecule has 1 aromatic carbocycles. The van der Waals surface area contributed by atoms with E-state index in [1.165, 1.54) is 5.69 Å². The second-order valence-electron chi connectivity index (χ2n) is 5.26. The molecular formula is C15H17ClN2O. The third kappa shape index (κ3) is 2.47. The minimum Gasteiger partial charge on any atom is -0.358 e. The SMILES string of the molecule is CC(=O)N1CCCC(c2cc3cc(Cl)ccc3[nH]2)C1. The van der Waals surface area contributed by atoms with Crippen molar-refractivity contribution in [2.45, 2.75) is 25.7 Å². The number of benzene rings is 1. The third-order valence-corrected chi connectivity index (χ3v) is 4.15. The fourth-order valence-corrected chi connectivity index (χ4v) is 3.04. The number of halogens is 1. The zero-order valence-corrected chi connectivity index (χ0v) is 11.7. The van der Waals surface area contributed by atoms with Gasteiger partial charge in [-0.05, 0) is 37.1 Å². The maximum Gasteiger partial charge on any atom is 0.219 e. The van der Waals surface area contributed by atoms with Crippen LogP contribution in [0.5, 0.6) is 0 Å². The van der Waals surface area contributed by atoms with E-state index in [4.69, 9.17) is 11.6 Å². The Morgan fingerprint density at radius 1 is 1.42 bits per heavy atom. The normalized spacial score (nSPS) is 19.9. The lowest BCUT2D eigenvalue weighted by atomic mass is 9.95. The van der Waals surface area contributed by atoms with Crippen molar-refractivity contribution < 1.29 is 4.79 Å². The molecule has 0 spiro atoms. The largest absolute Gasteiger partial charge is 0.358 e. The number of hydrogen-bond donors (Lipinski definition) is 1. The Labute approximate surface area is 117 Å². The number of piperidine rings is 1. The van der Waals surface area contributed by atoms with E-state index in [0.29, 0.717) is 5.92 Å². The predicted molar refractivity (Wildman–Crippen MR) is 77.5 cm³/mol. The molecule has 2 heterocycles. The van der Waals surface area contributed by atoms with Gasteiger partial charge in [-0.1, -0.05) is 11.6 Å². The van der Waals surface area contributed by atoms with Crippen molar-refractivity contribution in [3.63, 3.8) is 0 Å². The van der Waals surface area contributed by atoms with Crippen LogP contribution in [0.25, 0.3) is 10.9 Å². The predicted octanol–water partition coefficient (Wildman–Crippen LogP) is 3.55. The highest BCUT2D eigenvalue weighted by atomic mass is 35.5. The minimum absolute atomic E-state index is 0.170.